The SMILES string of the molecule is CC(=O)N(c1cccc(C(F)(F)F)c1)c1nc(COC(=O)CCSc2ccccc2)cs1. The van der Waals surface area contributed by atoms with Crippen LogP contribution in [-0.2, 0) is 27.1 Å². The molecule has 0 radical (unpaired) electrons. The lowest BCUT2D eigenvalue weighted by Crippen LogP contribution is -2.23. The number of esters is 1. The van der Waals surface area contributed by atoms with Gasteiger partial charge in [0.2, 0.25) is 5.91 Å². The summed E-state index contributed by atoms with van der Waals surface area (Å²) in [6.07, 6.45) is -4.31. The fraction of sp³-hybridized carbons (Fsp3) is 0.227. The third-order valence-corrected chi connectivity index (χ3v) is 6.06. The molecule has 0 atom stereocenters. The number of amides is 1. The first-order valence-electron chi connectivity index (χ1n) is 9.50. The highest BCUT2D eigenvalue weighted by molar-refractivity contribution is 7.99. The van der Waals surface area contributed by atoms with E-state index in [0.717, 1.165) is 33.3 Å². The van der Waals surface area contributed by atoms with Gasteiger partial charge >= 0.3 is 12.1 Å². The first kappa shape index (κ1) is 23.8. The maximum Gasteiger partial charge on any atom is 0.416 e. The van der Waals surface area contributed by atoms with Crippen molar-refractivity contribution in [1.29, 1.82) is 0 Å². The van der Waals surface area contributed by atoms with Gasteiger partial charge in [0.15, 0.2) is 5.13 Å². The van der Waals surface area contributed by atoms with Crippen LogP contribution in [0.15, 0.2) is 64.9 Å². The number of nitrogens with zero attached hydrogens (tertiary/aromatic N) is 2. The van der Waals surface area contributed by atoms with Gasteiger partial charge in [-0.2, -0.15) is 13.2 Å². The summed E-state index contributed by atoms with van der Waals surface area (Å²) in [5.74, 6) is -0.303. The number of hydrogen-bond donors (Lipinski definition) is 0. The Balaban J connectivity index is 1.59. The van der Waals surface area contributed by atoms with E-state index in [1.165, 1.54) is 19.1 Å². The largest absolute Gasteiger partial charge is 0.459 e. The molecule has 3 aromatic rings. The highest BCUT2D eigenvalue weighted by Crippen LogP contribution is 2.35. The Hall–Kier alpha value is -2.85. The van der Waals surface area contributed by atoms with Crippen molar-refractivity contribution in [2.45, 2.75) is 31.0 Å². The number of anilines is 2. The minimum atomic E-state index is -4.53. The van der Waals surface area contributed by atoms with Crippen molar-refractivity contribution in [1.82, 2.24) is 4.98 Å². The quantitative estimate of drug-likeness (QED) is 0.289. The average molecular weight is 481 g/mol. The molecule has 0 fully saturated rings. The van der Waals surface area contributed by atoms with Crippen LogP contribution < -0.4 is 4.90 Å². The monoisotopic (exact) mass is 480 g/mol. The van der Waals surface area contributed by atoms with Crippen molar-refractivity contribution >= 4 is 45.8 Å². The third-order valence-electron chi connectivity index (χ3n) is 4.18. The Labute approximate surface area is 191 Å². The van der Waals surface area contributed by atoms with E-state index in [2.05, 4.69) is 4.98 Å². The average Bonchev–Trinajstić information content (AvgIpc) is 3.21. The van der Waals surface area contributed by atoms with Crippen LogP contribution in [0.3, 0.4) is 0 Å². The number of benzene rings is 2. The molecule has 0 aliphatic rings. The Kier molecular flexibility index (Phi) is 7.92. The number of halogens is 3. The first-order valence-corrected chi connectivity index (χ1v) is 11.4. The van der Waals surface area contributed by atoms with E-state index in [0.29, 0.717) is 11.4 Å². The topological polar surface area (TPSA) is 59.5 Å². The van der Waals surface area contributed by atoms with E-state index in [1.54, 1.807) is 17.1 Å². The second-order valence-electron chi connectivity index (χ2n) is 6.60. The second-order valence-corrected chi connectivity index (χ2v) is 8.60. The summed E-state index contributed by atoms with van der Waals surface area (Å²) in [6.45, 7) is 1.16. The summed E-state index contributed by atoms with van der Waals surface area (Å²) in [4.78, 5) is 30.5. The van der Waals surface area contributed by atoms with Crippen molar-refractivity contribution < 1.29 is 27.5 Å². The molecular weight excluding hydrogens is 461 g/mol. The molecular formula is C22H19F3N2O3S2. The molecule has 0 saturated carbocycles. The van der Waals surface area contributed by atoms with Gasteiger partial charge < -0.3 is 4.74 Å². The zero-order valence-electron chi connectivity index (χ0n) is 17.0. The number of aromatic nitrogens is 1. The van der Waals surface area contributed by atoms with E-state index < -0.39 is 17.6 Å². The van der Waals surface area contributed by atoms with Gasteiger partial charge in [-0.15, -0.1) is 23.1 Å². The predicted molar refractivity (Wildman–Crippen MR) is 118 cm³/mol. The molecule has 32 heavy (non-hydrogen) atoms. The molecule has 0 spiro atoms. The predicted octanol–water partition coefficient (Wildman–Crippen LogP) is 6.07. The number of rotatable bonds is 8. The molecule has 0 aliphatic heterocycles. The minimum Gasteiger partial charge on any atom is -0.459 e. The lowest BCUT2D eigenvalue weighted by Gasteiger charge is -2.19. The first-order chi connectivity index (χ1) is 15.2. The van der Waals surface area contributed by atoms with Crippen molar-refractivity contribution in [3.8, 4) is 0 Å². The number of thiazole rings is 1. The lowest BCUT2D eigenvalue weighted by molar-refractivity contribution is -0.144. The molecule has 1 heterocycles. The highest BCUT2D eigenvalue weighted by atomic mass is 32.2. The second kappa shape index (κ2) is 10.6. The number of hydrogen-bond acceptors (Lipinski definition) is 6. The van der Waals surface area contributed by atoms with Crippen LogP contribution in [0.4, 0.5) is 24.0 Å². The standard InChI is InChI=1S/C22H19F3N2O3S2/c1-15(28)27(18-7-5-6-16(12-18)22(23,24)25)21-26-17(14-32-21)13-30-20(29)10-11-31-19-8-3-2-4-9-19/h2-9,12,14H,10-11,13H2,1H3. The Bertz CT molecular complexity index is 1070. The van der Waals surface area contributed by atoms with E-state index in [4.69, 9.17) is 4.74 Å². The van der Waals surface area contributed by atoms with E-state index in [-0.39, 0.29) is 29.8 Å². The molecule has 0 N–H and O–H groups in total. The van der Waals surface area contributed by atoms with Gasteiger partial charge in [-0.1, -0.05) is 24.3 Å². The van der Waals surface area contributed by atoms with Crippen molar-refractivity contribution in [2.24, 2.45) is 0 Å². The van der Waals surface area contributed by atoms with Crippen molar-refractivity contribution in [3.63, 3.8) is 0 Å². The highest BCUT2D eigenvalue weighted by Gasteiger charge is 2.31. The third kappa shape index (κ3) is 6.57. The Morgan fingerprint density at radius 2 is 1.88 bits per heavy atom. The fourth-order valence-electron chi connectivity index (χ4n) is 2.71. The molecule has 168 valence electrons. The van der Waals surface area contributed by atoms with E-state index >= 15 is 0 Å². The van der Waals surface area contributed by atoms with Crippen LogP contribution in [0.5, 0.6) is 0 Å². The summed E-state index contributed by atoms with van der Waals surface area (Å²) in [7, 11) is 0. The lowest BCUT2D eigenvalue weighted by atomic mass is 10.2. The molecule has 10 heteroatoms. The number of ether oxygens (including phenoxy) is 1. The molecule has 1 aromatic heterocycles. The number of carbonyl (C=O) groups is 2. The Morgan fingerprint density at radius 3 is 2.56 bits per heavy atom. The molecule has 0 bridgehead atoms. The zero-order chi connectivity index (χ0) is 23.1. The molecule has 0 unspecified atom stereocenters. The number of carbonyl (C=O) groups excluding carboxylic acids is 2. The van der Waals surface area contributed by atoms with Crippen LogP contribution in [0, 0.1) is 0 Å². The summed E-state index contributed by atoms with van der Waals surface area (Å²) in [6, 6.07) is 14.1. The summed E-state index contributed by atoms with van der Waals surface area (Å²) >= 11 is 2.62. The maximum absolute atomic E-state index is 13.0. The number of thioether (sulfide) groups is 1. The van der Waals surface area contributed by atoms with Gasteiger partial charge in [0.05, 0.1) is 23.4 Å². The Morgan fingerprint density at radius 1 is 1.12 bits per heavy atom. The smallest absolute Gasteiger partial charge is 0.416 e. The molecule has 3 rings (SSSR count). The van der Waals surface area contributed by atoms with Gasteiger partial charge in [-0.05, 0) is 30.3 Å². The number of alkyl halides is 3. The normalized spacial score (nSPS) is 11.2. The van der Waals surface area contributed by atoms with Crippen LogP contribution in [-0.4, -0.2) is 22.6 Å². The molecule has 5 nitrogen and oxygen atoms in total. The molecule has 0 aliphatic carbocycles. The van der Waals surface area contributed by atoms with Gasteiger partial charge in [0, 0.05) is 23.0 Å². The summed E-state index contributed by atoms with van der Waals surface area (Å²) in [5, 5.41) is 1.80. The van der Waals surface area contributed by atoms with Crippen molar-refractivity contribution in [3.05, 3.63) is 71.2 Å². The van der Waals surface area contributed by atoms with Crippen molar-refractivity contribution in [2.75, 3.05) is 10.7 Å². The maximum atomic E-state index is 13.0. The van der Waals surface area contributed by atoms with Crippen LogP contribution in [0.25, 0.3) is 0 Å². The van der Waals surface area contributed by atoms with E-state index in [1.807, 2.05) is 30.3 Å². The minimum absolute atomic E-state index is 0.0585. The van der Waals surface area contributed by atoms with Gasteiger partial charge in [0.1, 0.15) is 6.61 Å². The summed E-state index contributed by atoms with van der Waals surface area (Å²) in [5.41, 5.74) is -0.393. The van der Waals surface area contributed by atoms with Crippen LogP contribution in [0.2, 0.25) is 0 Å². The fourth-order valence-corrected chi connectivity index (χ4v) is 4.43. The van der Waals surface area contributed by atoms with E-state index in [9.17, 15) is 22.8 Å². The van der Waals surface area contributed by atoms with Crippen LogP contribution >= 0.6 is 23.1 Å². The van der Waals surface area contributed by atoms with Gasteiger partial charge in [0.25, 0.3) is 0 Å². The van der Waals surface area contributed by atoms with Crippen LogP contribution in [0.1, 0.15) is 24.6 Å². The molecule has 0 saturated heterocycles. The van der Waals surface area contributed by atoms with Gasteiger partial charge in [-0.3, -0.25) is 14.5 Å². The molecule has 2 aromatic carbocycles. The molecule has 1 amide bonds. The van der Waals surface area contributed by atoms with Gasteiger partial charge in [-0.25, -0.2) is 4.98 Å². The zero-order valence-corrected chi connectivity index (χ0v) is 18.6. The summed E-state index contributed by atoms with van der Waals surface area (Å²) < 4.78 is 44.3.